The fourth-order valence-corrected chi connectivity index (χ4v) is 3.74. The first-order valence-corrected chi connectivity index (χ1v) is 11.6. The Hall–Kier alpha value is -1.96. The SMILES string of the molecule is CC(C)(C)CCCCCCCCCCCOCn1nnc2cc(C(F)(F)F)cc(C=O)c21. The highest BCUT2D eigenvalue weighted by Gasteiger charge is 2.32. The van der Waals surface area contributed by atoms with Gasteiger partial charge in [-0.15, -0.1) is 5.10 Å². The average molecular weight is 456 g/mol. The average Bonchev–Trinajstić information content (AvgIpc) is 3.12. The molecular weight excluding hydrogens is 419 g/mol. The van der Waals surface area contributed by atoms with Crippen LogP contribution in [0.5, 0.6) is 0 Å². The molecule has 0 aliphatic rings. The van der Waals surface area contributed by atoms with Crippen LogP contribution in [0, 0.1) is 5.41 Å². The zero-order chi connectivity index (χ0) is 23.6. The second-order valence-electron chi connectivity index (χ2n) is 9.67. The topological polar surface area (TPSA) is 57.0 Å². The molecule has 0 aliphatic carbocycles. The summed E-state index contributed by atoms with van der Waals surface area (Å²) in [5, 5.41) is 7.61. The molecular formula is C24H36F3N3O2. The van der Waals surface area contributed by atoms with E-state index in [2.05, 4.69) is 31.1 Å². The van der Waals surface area contributed by atoms with Crippen LogP contribution in [0.25, 0.3) is 11.0 Å². The van der Waals surface area contributed by atoms with Crippen LogP contribution in [-0.2, 0) is 17.6 Å². The smallest absolute Gasteiger partial charge is 0.359 e. The van der Waals surface area contributed by atoms with Crippen LogP contribution >= 0.6 is 0 Å². The zero-order valence-corrected chi connectivity index (χ0v) is 19.5. The number of fused-ring (bicyclic) bond motifs is 1. The number of hydrogen-bond acceptors (Lipinski definition) is 4. The maximum Gasteiger partial charge on any atom is 0.416 e. The van der Waals surface area contributed by atoms with Gasteiger partial charge < -0.3 is 4.74 Å². The molecule has 0 atom stereocenters. The molecule has 1 heterocycles. The van der Waals surface area contributed by atoms with Crippen LogP contribution in [0.1, 0.15) is 101 Å². The van der Waals surface area contributed by atoms with Gasteiger partial charge in [-0.25, -0.2) is 4.68 Å². The van der Waals surface area contributed by atoms with Crippen LogP contribution in [0.15, 0.2) is 12.1 Å². The number of aldehydes is 1. The van der Waals surface area contributed by atoms with Gasteiger partial charge in [0.05, 0.1) is 5.56 Å². The molecule has 5 nitrogen and oxygen atoms in total. The second kappa shape index (κ2) is 12.3. The van der Waals surface area contributed by atoms with Gasteiger partial charge in [-0.05, 0) is 30.4 Å². The number of unbranched alkanes of at least 4 members (excludes halogenated alkanes) is 8. The molecule has 180 valence electrons. The van der Waals surface area contributed by atoms with Crippen LogP contribution in [-0.4, -0.2) is 27.9 Å². The first-order valence-electron chi connectivity index (χ1n) is 11.6. The van der Waals surface area contributed by atoms with Gasteiger partial charge in [0.2, 0.25) is 0 Å². The summed E-state index contributed by atoms with van der Waals surface area (Å²) in [4.78, 5) is 11.3. The Balaban J connectivity index is 1.61. The number of hydrogen-bond donors (Lipinski definition) is 0. The number of carbonyl (C=O) groups is 1. The fourth-order valence-electron chi connectivity index (χ4n) is 3.74. The minimum Gasteiger partial charge on any atom is -0.359 e. The standard InChI is InChI=1S/C24H36F3N3O2/c1-23(2,3)13-11-9-7-5-4-6-8-10-12-14-32-18-30-22-19(17-31)15-20(24(25,26)27)16-21(22)28-29-30/h15-17H,4-14,18H2,1-3H3. The summed E-state index contributed by atoms with van der Waals surface area (Å²) >= 11 is 0. The number of alkyl halides is 3. The maximum atomic E-state index is 13.0. The summed E-state index contributed by atoms with van der Waals surface area (Å²) in [7, 11) is 0. The molecule has 0 saturated carbocycles. The number of halogens is 3. The summed E-state index contributed by atoms with van der Waals surface area (Å²) in [6, 6.07) is 1.72. The minimum absolute atomic E-state index is 0.0314. The highest BCUT2D eigenvalue weighted by molar-refractivity contribution is 5.94. The lowest BCUT2D eigenvalue weighted by molar-refractivity contribution is -0.137. The van der Waals surface area contributed by atoms with Crippen LogP contribution in [0.3, 0.4) is 0 Å². The lowest BCUT2D eigenvalue weighted by Gasteiger charge is -2.17. The second-order valence-corrected chi connectivity index (χ2v) is 9.67. The van der Waals surface area contributed by atoms with E-state index in [1.807, 2.05) is 0 Å². The van der Waals surface area contributed by atoms with E-state index >= 15 is 0 Å². The van der Waals surface area contributed by atoms with Gasteiger partial charge in [0.1, 0.15) is 17.8 Å². The third-order valence-electron chi connectivity index (χ3n) is 5.52. The molecule has 1 aromatic carbocycles. The molecule has 0 amide bonds. The quantitative estimate of drug-likeness (QED) is 0.224. The van der Waals surface area contributed by atoms with Crippen molar-refractivity contribution in [2.75, 3.05) is 6.61 Å². The van der Waals surface area contributed by atoms with E-state index in [0.29, 0.717) is 18.3 Å². The van der Waals surface area contributed by atoms with Gasteiger partial charge >= 0.3 is 6.18 Å². The van der Waals surface area contributed by atoms with Gasteiger partial charge in [0, 0.05) is 12.2 Å². The Morgan fingerprint density at radius 1 is 0.938 bits per heavy atom. The Morgan fingerprint density at radius 2 is 1.53 bits per heavy atom. The van der Waals surface area contributed by atoms with Gasteiger partial charge in [0.15, 0.2) is 6.29 Å². The monoisotopic (exact) mass is 455 g/mol. The zero-order valence-electron chi connectivity index (χ0n) is 19.5. The van der Waals surface area contributed by atoms with E-state index in [9.17, 15) is 18.0 Å². The molecule has 0 radical (unpaired) electrons. The molecule has 2 aromatic rings. The highest BCUT2D eigenvalue weighted by atomic mass is 19.4. The van der Waals surface area contributed by atoms with Crippen molar-refractivity contribution in [1.82, 2.24) is 15.0 Å². The van der Waals surface area contributed by atoms with Crippen molar-refractivity contribution in [1.29, 1.82) is 0 Å². The van der Waals surface area contributed by atoms with Crippen molar-refractivity contribution in [2.24, 2.45) is 5.41 Å². The summed E-state index contributed by atoms with van der Waals surface area (Å²) in [6.07, 6.45) is 8.08. The number of benzene rings is 1. The third kappa shape index (κ3) is 8.88. The Labute approximate surface area is 188 Å². The van der Waals surface area contributed by atoms with E-state index in [0.717, 1.165) is 25.0 Å². The summed E-state index contributed by atoms with van der Waals surface area (Å²) in [5.41, 5.74) is -0.275. The lowest BCUT2D eigenvalue weighted by Crippen LogP contribution is -2.09. The molecule has 0 spiro atoms. The first kappa shape index (κ1) is 26.3. The lowest BCUT2D eigenvalue weighted by atomic mass is 9.89. The number of rotatable bonds is 14. The van der Waals surface area contributed by atoms with E-state index in [1.165, 1.54) is 56.0 Å². The number of aromatic nitrogens is 3. The molecule has 0 saturated heterocycles. The summed E-state index contributed by atoms with van der Waals surface area (Å²) < 4.78 is 45.8. The summed E-state index contributed by atoms with van der Waals surface area (Å²) in [5.74, 6) is 0. The van der Waals surface area contributed by atoms with Gasteiger partial charge in [0.25, 0.3) is 0 Å². The van der Waals surface area contributed by atoms with E-state index in [-0.39, 0.29) is 23.3 Å². The molecule has 1 aromatic heterocycles. The number of nitrogens with zero attached hydrogens (tertiary/aromatic N) is 3. The predicted molar refractivity (Wildman–Crippen MR) is 119 cm³/mol. The molecule has 2 rings (SSSR count). The first-order chi connectivity index (χ1) is 15.1. The van der Waals surface area contributed by atoms with Gasteiger partial charge in [-0.2, -0.15) is 13.2 Å². The van der Waals surface area contributed by atoms with Crippen LogP contribution in [0.4, 0.5) is 13.2 Å². The van der Waals surface area contributed by atoms with Crippen molar-refractivity contribution >= 4 is 17.3 Å². The molecule has 0 bridgehead atoms. The van der Waals surface area contributed by atoms with E-state index in [1.54, 1.807) is 0 Å². The number of ether oxygens (including phenoxy) is 1. The molecule has 32 heavy (non-hydrogen) atoms. The molecule has 0 aliphatic heterocycles. The Morgan fingerprint density at radius 3 is 2.09 bits per heavy atom. The van der Waals surface area contributed by atoms with Crippen molar-refractivity contribution in [3.8, 4) is 0 Å². The van der Waals surface area contributed by atoms with Crippen molar-refractivity contribution < 1.29 is 22.7 Å². The molecule has 0 unspecified atom stereocenters. The third-order valence-corrected chi connectivity index (χ3v) is 5.52. The highest BCUT2D eigenvalue weighted by Crippen LogP contribution is 2.32. The van der Waals surface area contributed by atoms with Crippen LogP contribution in [0.2, 0.25) is 0 Å². The fraction of sp³-hybridized carbons (Fsp3) is 0.708. The predicted octanol–water partition coefficient (Wildman–Crippen LogP) is 7.18. The molecule has 0 N–H and O–H groups in total. The number of carbonyl (C=O) groups excluding carboxylic acids is 1. The summed E-state index contributed by atoms with van der Waals surface area (Å²) in [6.45, 7) is 7.46. The maximum absolute atomic E-state index is 13.0. The van der Waals surface area contributed by atoms with Gasteiger partial charge in [-0.3, -0.25) is 4.79 Å². The van der Waals surface area contributed by atoms with Crippen molar-refractivity contribution in [2.45, 2.75) is 97.9 Å². The van der Waals surface area contributed by atoms with Gasteiger partial charge in [-0.1, -0.05) is 77.4 Å². The Bertz CT molecular complexity index is 841. The largest absolute Gasteiger partial charge is 0.416 e. The molecule has 0 fully saturated rings. The normalized spacial score (nSPS) is 12.6. The minimum atomic E-state index is -4.54. The van der Waals surface area contributed by atoms with E-state index in [4.69, 9.17) is 4.74 Å². The molecule has 8 heteroatoms. The van der Waals surface area contributed by atoms with Crippen molar-refractivity contribution in [3.63, 3.8) is 0 Å². The van der Waals surface area contributed by atoms with E-state index < -0.39 is 11.7 Å². The Kier molecular flexibility index (Phi) is 10.1. The van der Waals surface area contributed by atoms with Crippen molar-refractivity contribution in [3.05, 3.63) is 23.3 Å². The van der Waals surface area contributed by atoms with Crippen LogP contribution < -0.4 is 0 Å².